The summed E-state index contributed by atoms with van der Waals surface area (Å²) in [6, 6.07) is 3.80. The van der Waals surface area contributed by atoms with E-state index >= 15 is 0 Å². The topological polar surface area (TPSA) is 21.7 Å². The monoisotopic (exact) mass is 288 g/mol. The van der Waals surface area contributed by atoms with Crippen LogP contribution in [0.15, 0.2) is 18.2 Å². The van der Waals surface area contributed by atoms with E-state index in [9.17, 15) is 12.9 Å². The van der Waals surface area contributed by atoms with Crippen molar-refractivity contribution in [2.24, 2.45) is 0 Å². The number of rotatable bonds is 6. The van der Waals surface area contributed by atoms with E-state index in [1.54, 1.807) is 0 Å². The Morgan fingerprint density at radius 2 is 1.90 bits per heavy atom. The number of ether oxygens (including phenoxy) is 2. The van der Waals surface area contributed by atoms with Crippen LogP contribution in [-0.4, -0.2) is 45.2 Å². The molecule has 1 aromatic carbocycles. The summed E-state index contributed by atoms with van der Waals surface area (Å²) in [7, 11) is 1.34. The fraction of sp³-hybridized carbons (Fsp3) is 0.538. The highest BCUT2D eigenvalue weighted by atomic mass is 19.4. The Hall–Kier alpha value is -1.37. The maximum atomic E-state index is 13.0. The van der Waals surface area contributed by atoms with Gasteiger partial charge in [-0.25, -0.2) is 0 Å². The second-order valence-electron chi connectivity index (χ2n) is 4.88. The Bertz CT molecular complexity index is 448. The summed E-state index contributed by atoms with van der Waals surface area (Å²) in [5.41, 5.74) is -0.731. The quantitative estimate of drug-likeness (QED) is 0.749. The van der Waals surface area contributed by atoms with E-state index in [0.29, 0.717) is 6.54 Å². The predicted octanol–water partition coefficient (Wildman–Crippen LogP) is 2.22. The van der Waals surface area contributed by atoms with E-state index in [1.165, 1.54) is 19.2 Å². The second kappa shape index (κ2) is 6.39. The van der Waals surface area contributed by atoms with Crippen molar-refractivity contribution >= 4 is 12.4 Å². The molecule has 1 heterocycles. The van der Waals surface area contributed by atoms with Gasteiger partial charge in [-0.1, -0.05) is 5.46 Å². The smallest absolute Gasteiger partial charge is 0.497 e. The van der Waals surface area contributed by atoms with Crippen LogP contribution in [0, 0.1) is 0 Å². The van der Waals surface area contributed by atoms with Gasteiger partial charge in [0.2, 0.25) is 0 Å². The third kappa shape index (κ3) is 3.82. The molecule has 0 N–H and O–H groups in total. The molecule has 0 atom stereocenters. The van der Waals surface area contributed by atoms with Gasteiger partial charge in [0, 0.05) is 6.54 Å². The van der Waals surface area contributed by atoms with Crippen LogP contribution in [0.3, 0.4) is 0 Å². The van der Waals surface area contributed by atoms with E-state index in [1.807, 2.05) is 0 Å². The minimum atomic E-state index is -5.11. The van der Waals surface area contributed by atoms with Crippen molar-refractivity contribution in [2.75, 3.05) is 33.4 Å². The summed E-state index contributed by atoms with van der Waals surface area (Å²) in [6.45, 7) is -2.18. The Morgan fingerprint density at radius 1 is 1.20 bits per heavy atom. The Morgan fingerprint density at radius 3 is 2.50 bits per heavy atom. The van der Waals surface area contributed by atoms with Crippen molar-refractivity contribution in [3.63, 3.8) is 0 Å². The first kappa shape index (κ1) is 15.0. The molecule has 0 unspecified atom stereocenters. The summed E-state index contributed by atoms with van der Waals surface area (Å²) < 4.78 is 49.2. The summed E-state index contributed by atoms with van der Waals surface area (Å²) in [5, 5.41) is 0. The first-order valence-electron chi connectivity index (χ1n) is 6.74. The molecule has 0 spiro atoms. The van der Waals surface area contributed by atoms with Gasteiger partial charge in [0.1, 0.15) is 12.4 Å². The van der Waals surface area contributed by atoms with Crippen LogP contribution < -0.4 is 14.9 Å². The van der Waals surface area contributed by atoms with Gasteiger partial charge in [0.25, 0.3) is 0 Å². The van der Waals surface area contributed by atoms with E-state index in [-0.39, 0.29) is 18.1 Å². The second-order valence-corrected chi connectivity index (χ2v) is 4.88. The fourth-order valence-corrected chi connectivity index (χ4v) is 2.33. The summed E-state index contributed by atoms with van der Waals surface area (Å²) >= 11 is 0. The number of halogens is 3. The molecule has 112 valence electrons. The Kier molecular flexibility index (Phi) is 4.80. The number of hydrogen-bond donors (Lipinski definition) is 0. The first-order valence-corrected chi connectivity index (χ1v) is 6.74. The molecule has 2 rings (SSSR count). The van der Waals surface area contributed by atoms with Crippen LogP contribution in [-0.2, 0) is 0 Å². The molecule has 1 aliphatic heterocycles. The maximum absolute atomic E-state index is 13.0. The van der Waals surface area contributed by atoms with E-state index in [4.69, 9.17) is 9.47 Å². The highest BCUT2D eigenvalue weighted by Gasteiger charge is 2.30. The van der Waals surface area contributed by atoms with E-state index < -0.39 is 12.4 Å². The van der Waals surface area contributed by atoms with E-state index in [0.717, 1.165) is 32.0 Å². The molecule has 1 fully saturated rings. The molecule has 20 heavy (non-hydrogen) atoms. The number of benzene rings is 1. The number of likely N-dealkylation sites (tertiary alicyclic amines) is 1. The van der Waals surface area contributed by atoms with Gasteiger partial charge >= 0.3 is 6.98 Å². The van der Waals surface area contributed by atoms with Crippen LogP contribution in [0.4, 0.5) is 12.9 Å². The zero-order valence-corrected chi connectivity index (χ0v) is 11.4. The Balaban J connectivity index is 2.02. The van der Waals surface area contributed by atoms with Gasteiger partial charge in [-0.05, 0) is 44.1 Å². The molecule has 7 heteroatoms. The minimum Gasteiger partial charge on any atom is -0.497 e. The molecule has 1 saturated heterocycles. The fourth-order valence-electron chi connectivity index (χ4n) is 2.33. The lowest BCUT2D eigenvalue weighted by atomic mass is 9.79. The molecule has 1 aliphatic rings. The molecule has 0 aromatic heterocycles. The normalized spacial score (nSPS) is 16.4. The number of methoxy groups -OCH3 is 1. The van der Waals surface area contributed by atoms with Crippen molar-refractivity contribution in [1.29, 1.82) is 0 Å². The predicted molar refractivity (Wildman–Crippen MR) is 72.9 cm³/mol. The van der Waals surface area contributed by atoms with Crippen LogP contribution in [0.25, 0.3) is 0 Å². The molecule has 0 saturated carbocycles. The molecule has 3 nitrogen and oxygen atoms in total. The molecular weight excluding hydrogens is 270 g/mol. The zero-order chi connectivity index (χ0) is 14.6. The average molecular weight is 288 g/mol. The lowest BCUT2D eigenvalue weighted by Crippen LogP contribution is -2.36. The van der Waals surface area contributed by atoms with Gasteiger partial charge in [-0.2, -0.15) is 0 Å². The lowest BCUT2D eigenvalue weighted by molar-refractivity contribution is 0.238. The molecule has 0 amide bonds. The average Bonchev–Trinajstić information content (AvgIpc) is 2.91. The highest BCUT2D eigenvalue weighted by molar-refractivity contribution is 6.74. The maximum Gasteiger partial charge on any atom is 0.513 e. The van der Waals surface area contributed by atoms with Gasteiger partial charge in [-0.15, -0.1) is 0 Å². The third-order valence-corrected chi connectivity index (χ3v) is 3.43. The van der Waals surface area contributed by atoms with Gasteiger partial charge in [0.15, 0.2) is 0 Å². The van der Waals surface area contributed by atoms with Crippen LogP contribution in [0.1, 0.15) is 12.8 Å². The van der Waals surface area contributed by atoms with Gasteiger partial charge < -0.3 is 22.4 Å². The van der Waals surface area contributed by atoms with Crippen molar-refractivity contribution in [1.82, 2.24) is 4.90 Å². The highest BCUT2D eigenvalue weighted by Crippen LogP contribution is 2.22. The number of nitrogens with zero attached hydrogens (tertiary/aromatic N) is 1. The minimum absolute atomic E-state index is 0.113. The summed E-state index contributed by atoms with van der Waals surface area (Å²) in [6.07, 6.45) is 2.30. The molecular formula is C13H18BF3NO2-. The van der Waals surface area contributed by atoms with Crippen LogP contribution >= 0.6 is 0 Å². The molecule has 0 bridgehead atoms. The van der Waals surface area contributed by atoms with Crippen molar-refractivity contribution in [2.45, 2.75) is 12.8 Å². The zero-order valence-electron chi connectivity index (χ0n) is 11.4. The largest absolute Gasteiger partial charge is 0.513 e. The standard InChI is InChI=1S/C13H18BF3NO2/c1-19-11-4-5-13(12(10-11)14(15,16)17)20-9-8-18-6-2-3-7-18/h4-5,10H,2-3,6-9H2,1H3/q-1. The van der Waals surface area contributed by atoms with Crippen LogP contribution in [0.2, 0.25) is 0 Å². The van der Waals surface area contributed by atoms with Gasteiger partial charge in [0.05, 0.1) is 12.9 Å². The lowest BCUT2D eigenvalue weighted by Gasteiger charge is -2.22. The third-order valence-electron chi connectivity index (χ3n) is 3.43. The molecule has 0 aliphatic carbocycles. The number of hydrogen-bond acceptors (Lipinski definition) is 3. The summed E-state index contributed by atoms with van der Waals surface area (Å²) in [5.74, 6) is 0.0728. The van der Waals surface area contributed by atoms with Crippen molar-refractivity contribution < 1.29 is 22.4 Å². The first-order chi connectivity index (χ1) is 9.50. The van der Waals surface area contributed by atoms with E-state index in [2.05, 4.69) is 4.90 Å². The molecule has 0 radical (unpaired) electrons. The SMILES string of the molecule is COc1ccc(OCCN2CCCC2)c([B-](F)(F)F)c1. The van der Waals surface area contributed by atoms with Crippen molar-refractivity contribution in [3.05, 3.63) is 18.2 Å². The summed E-state index contributed by atoms with van der Waals surface area (Å²) in [4.78, 5) is 2.20. The Labute approximate surface area is 116 Å². The van der Waals surface area contributed by atoms with Gasteiger partial charge in [-0.3, -0.25) is 4.90 Å². The van der Waals surface area contributed by atoms with Crippen LogP contribution in [0.5, 0.6) is 11.5 Å². The van der Waals surface area contributed by atoms with Crippen molar-refractivity contribution in [3.8, 4) is 11.5 Å². The molecule has 1 aromatic rings.